The molecule has 0 aromatic carbocycles. The van der Waals surface area contributed by atoms with Gasteiger partial charge in [0.25, 0.3) is 0 Å². The smallest absolute Gasteiger partial charge is 0.409 e. The topological polar surface area (TPSA) is 65.2 Å². The SMILES string of the molecule is NC(=O)Oc1ccc(C2(F)CC2)nc1. The number of alkyl halides is 1. The van der Waals surface area contributed by atoms with Crippen LogP contribution in [-0.2, 0) is 5.67 Å². The van der Waals surface area contributed by atoms with Crippen molar-refractivity contribution in [2.75, 3.05) is 0 Å². The lowest BCUT2D eigenvalue weighted by atomic mass is 10.2. The molecule has 1 heterocycles. The predicted molar refractivity (Wildman–Crippen MR) is 46.5 cm³/mol. The van der Waals surface area contributed by atoms with Crippen LogP contribution in [0.4, 0.5) is 9.18 Å². The number of rotatable bonds is 2. The summed E-state index contributed by atoms with van der Waals surface area (Å²) in [7, 11) is 0. The number of nitrogens with zero attached hydrogens (tertiary/aromatic N) is 1. The third-order valence-electron chi connectivity index (χ3n) is 2.10. The van der Waals surface area contributed by atoms with Gasteiger partial charge in [0.2, 0.25) is 0 Å². The molecule has 0 atom stereocenters. The maximum absolute atomic E-state index is 13.4. The number of halogens is 1. The van der Waals surface area contributed by atoms with E-state index in [-0.39, 0.29) is 5.75 Å². The molecular weight excluding hydrogens is 187 g/mol. The van der Waals surface area contributed by atoms with E-state index in [0.717, 1.165) is 0 Å². The number of carbonyl (C=O) groups is 1. The Balaban J connectivity index is 2.14. The van der Waals surface area contributed by atoms with E-state index in [1.165, 1.54) is 18.3 Å². The average molecular weight is 196 g/mol. The first-order valence-electron chi connectivity index (χ1n) is 4.23. The molecule has 1 amide bonds. The molecule has 1 aliphatic rings. The van der Waals surface area contributed by atoms with Gasteiger partial charge in [-0.3, -0.25) is 4.98 Å². The Morgan fingerprint density at radius 2 is 2.29 bits per heavy atom. The third-order valence-corrected chi connectivity index (χ3v) is 2.10. The van der Waals surface area contributed by atoms with E-state index in [4.69, 9.17) is 5.73 Å². The van der Waals surface area contributed by atoms with Crippen LogP contribution in [0.2, 0.25) is 0 Å². The Hall–Kier alpha value is -1.65. The van der Waals surface area contributed by atoms with Crippen LogP contribution in [0, 0.1) is 0 Å². The second-order valence-electron chi connectivity index (χ2n) is 3.27. The van der Waals surface area contributed by atoms with Crippen molar-refractivity contribution in [3.05, 3.63) is 24.0 Å². The van der Waals surface area contributed by atoms with E-state index in [1.807, 2.05) is 0 Å². The number of aromatic nitrogens is 1. The standard InChI is InChI=1S/C9H9FN2O2/c10-9(3-4-9)7-2-1-6(5-12-7)14-8(11)13/h1-2,5H,3-4H2,(H2,11,13). The van der Waals surface area contributed by atoms with Gasteiger partial charge in [0.1, 0.15) is 0 Å². The van der Waals surface area contributed by atoms with Gasteiger partial charge in [-0.25, -0.2) is 9.18 Å². The van der Waals surface area contributed by atoms with Crippen molar-refractivity contribution in [2.45, 2.75) is 18.5 Å². The van der Waals surface area contributed by atoms with Gasteiger partial charge < -0.3 is 10.5 Å². The van der Waals surface area contributed by atoms with Crippen molar-refractivity contribution in [3.63, 3.8) is 0 Å². The van der Waals surface area contributed by atoms with Gasteiger partial charge in [-0.05, 0) is 25.0 Å². The summed E-state index contributed by atoms with van der Waals surface area (Å²) in [5, 5.41) is 0. The van der Waals surface area contributed by atoms with Gasteiger partial charge in [-0.2, -0.15) is 0 Å². The van der Waals surface area contributed by atoms with E-state index < -0.39 is 11.8 Å². The summed E-state index contributed by atoms with van der Waals surface area (Å²) >= 11 is 0. The van der Waals surface area contributed by atoms with Gasteiger partial charge in [0, 0.05) is 0 Å². The van der Waals surface area contributed by atoms with Gasteiger partial charge >= 0.3 is 6.09 Å². The molecule has 1 aromatic heterocycles. The summed E-state index contributed by atoms with van der Waals surface area (Å²) in [4.78, 5) is 14.2. The van der Waals surface area contributed by atoms with Crippen LogP contribution < -0.4 is 10.5 Å². The first-order chi connectivity index (χ1) is 6.60. The molecule has 5 heteroatoms. The predicted octanol–water partition coefficient (Wildman–Crippen LogP) is 1.50. The van der Waals surface area contributed by atoms with Crippen molar-refractivity contribution < 1.29 is 13.9 Å². The number of amides is 1. The minimum atomic E-state index is -1.26. The van der Waals surface area contributed by atoms with Crippen LogP contribution in [0.1, 0.15) is 18.5 Å². The van der Waals surface area contributed by atoms with Crippen LogP contribution in [0.5, 0.6) is 5.75 Å². The molecule has 2 rings (SSSR count). The molecule has 0 aliphatic heterocycles. The van der Waals surface area contributed by atoms with E-state index in [1.54, 1.807) is 0 Å². The molecule has 0 spiro atoms. The van der Waals surface area contributed by atoms with E-state index in [9.17, 15) is 9.18 Å². The molecule has 1 aliphatic carbocycles. The van der Waals surface area contributed by atoms with Crippen molar-refractivity contribution >= 4 is 6.09 Å². The summed E-state index contributed by atoms with van der Waals surface area (Å²) in [5.74, 6) is 0.227. The molecule has 14 heavy (non-hydrogen) atoms. The first-order valence-corrected chi connectivity index (χ1v) is 4.23. The first kappa shape index (κ1) is 8.93. The zero-order valence-corrected chi connectivity index (χ0v) is 7.37. The average Bonchev–Trinajstić information content (AvgIpc) is 2.85. The molecule has 1 saturated carbocycles. The van der Waals surface area contributed by atoms with E-state index in [2.05, 4.69) is 9.72 Å². The lowest BCUT2D eigenvalue weighted by Crippen LogP contribution is -2.16. The van der Waals surface area contributed by atoms with Crippen LogP contribution in [0.25, 0.3) is 0 Å². The van der Waals surface area contributed by atoms with Gasteiger partial charge in [0.05, 0.1) is 11.9 Å². The Morgan fingerprint density at radius 1 is 1.57 bits per heavy atom. The molecule has 2 N–H and O–H groups in total. The second kappa shape index (κ2) is 2.94. The Kier molecular flexibility index (Phi) is 1.87. The number of ether oxygens (including phenoxy) is 1. The lowest BCUT2D eigenvalue weighted by molar-refractivity contribution is 0.210. The van der Waals surface area contributed by atoms with Crippen molar-refractivity contribution in [3.8, 4) is 5.75 Å². The largest absolute Gasteiger partial charge is 0.410 e. The molecule has 1 fully saturated rings. The lowest BCUT2D eigenvalue weighted by Gasteiger charge is -2.04. The molecule has 0 radical (unpaired) electrons. The number of hydrogen-bond acceptors (Lipinski definition) is 3. The Labute approximate surface area is 79.9 Å². The third kappa shape index (κ3) is 1.66. The molecule has 74 valence electrons. The van der Waals surface area contributed by atoms with Crippen molar-refractivity contribution in [1.29, 1.82) is 0 Å². The van der Waals surface area contributed by atoms with Crippen molar-refractivity contribution in [1.82, 2.24) is 4.98 Å². The highest BCUT2D eigenvalue weighted by molar-refractivity contribution is 5.67. The monoisotopic (exact) mass is 196 g/mol. The van der Waals surface area contributed by atoms with Crippen molar-refractivity contribution in [2.24, 2.45) is 5.73 Å². The van der Waals surface area contributed by atoms with Crippen LogP contribution >= 0.6 is 0 Å². The van der Waals surface area contributed by atoms with E-state index >= 15 is 0 Å². The fraction of sp³-hybridized carbons (Fsp3) is 0.333. The number of pyridine rings is 1. The molecule has 0 bridgehead atoms. The zero-order chi connectivity index (χ0) is 10.2. The van der Waals surface area contributed by atoms with Crippen LogP contribution in [0.3, 0.4) is 0 Å². The molecule has 4 nitrogen and oxygen atoms in total. The second-order valence-corrected chi connectivity index (χ2v) is 3.27. The normalized spacial score (nSPS) is 17.5. The minimum absolute atomic E-state index is 0.227. The van der Waals surface area contributed by atoms with Crippen LogP contribution in [0.15, 0.2) is 18.3 Å². The molecule has 0 unspecified atom stereocenters. The quantitative estimate of drug-likeness (QED) is 0.779. The van der Waals surface area contributed by atoms with Gasteiger partial charge in [-0.1, -0.05) is 0 Å². The summed E-state index contributed by atoms with van der Waals surface area (Å²) in [6.07, 6.45) is 1.41. The fourth-order valence-corrected chi connectivity index (χ4v) is 1.19. The number of nitrogens with two attached hydrogens (primary N) is 1. The minimum Gasteiger partial charge on any atom is -0.409 e. The fourth-order valence-electron chi connectivity index (χ4n) is 1.19. The van der Waals surface area contributed by atoms with Gasteiger partial charge in [-0.15, -0.1) is 0 Å². The highest BCUT2D eigenvalue weighted by atomic mass is 19.1. The maximum atomic E-state index is 13.4. The Morgan fingerprint density at radius 3 is 2.71 bits per heavy atom. The number of carbonyl (C=O) groups excluding carboxylic acids is 1. The molecular formula is C9H9FN2O2. The molecule has 1 aromatic rings. The van der Waals surface area contributed by atoms with E-state index in [0.29, 0.717) is 18.5 Å². The Bertz CT molecular complexity index is 360. The zero-order valence-electron chi connectivity index (χ0n) is 7.37. The number of hydrogen-bond donors (Lipinski definition) is 1. The summed E-state index contributed by atoms with van der Waals surface area (Å²) in [6.45, 7) is 0. The van der Waals surface area contributed by atoms with Gasteiger partial charge in [0.15, 0.2) is 11.4 Å². The summed E-state index contributed by atoms with van der Waals surface area (Å²) in [5.41, 5.74) is 3.92. The number of primary amides is 1. The van der Waals surface area contributed by atoms with Crippen LogP contribution in [-0.4, -0.2) is 11.1 Å². The summed E-state index contributed by atoms with van der Waals surface area (Å²) in [6, 6.07) is 2.98. The molecule has 0 saturated heterocycles. The highest BCUT2D eigenvalue weighted by Crippen LogP contribution is 2.48. The maximum Gasteiger partial charge on any atom is 0.410 e. The summed E-state index contributed by atoms with van der Waals surface area (Å²) < 4.78 is 18.0. The highest BCUT2D eigenvalue weighted by Gasteiger charge is 2.46.